The van der Waals surface area contributed by atoms with Crippen molar-refractivity contribution in [2.75, 3.05) is 26.3 Å². The highest BCUT2D eigenvalue weighted by atomic mass is 16.5. The maximum absolute atomic E-state index is 12.6. The van der Waals surface area contributed by atoms with Crippen LogP contribution >= 0.6 is 0 Å². The first-order valence-electron chi connectivity index (χ1n) is 11.9. The van der Waals surface area contributed by atoms with Crippen LogP contribution in [0, 0.1) is 5.92 Å². The maximum Gasteiger partial charge on any atom is 0.335 e. The average molecular weight is 468 g/mol. The first-order chi connectivity index (χ1) is 16.4. The molecule has 0 radical (unpaired) electrons. The van der Waals surface area contributed by atoms with Crippen molar-refractivity contribution in [1.82, 2.24) is 14.5 Å². The number of hydrogen-bond donors (Lipinski definition) is 2. The van der Waals surface area contributed by atoms with Gasteiger partial charge in [0.25, 0.3) is 0 Å². The zero-order valence-corrected chi connectivity index (χ0v) is 20.0. The number of likely N-dealkylation sites (tertiary alicyclic amines) is 1. The van der Waals surface area contributed by atoms with E-state index < -0.39 is 5.97 Å². The monoisotopic (exact) mass is 467 g/mol. The fourth-order valence-electron chi connectivity index (χ4n) is 4.52. The third-order valence-corrected chi connectivity index (χ3v) is 6.17. The summed E-state index contributed by atoms with van der Waals surface area (Å²) in [5.74, 6) is 1.000. The minimum absolute atomic E-state index is 0.0824. The van der Waals surface area contributed by atoms with E-state index in [4.69, 9.17) is 9.47 Å². The molecule has 34 heavy (non-hydrogen) atoms. The molecule has 0 amide bonds. The first-order valence-corrected chi connectivity index (χ1v) is 11.9. The number of aromatic carboxylic acids is 1. The van der Waals surface area contributed by atoms with Crippen LogP contribution < -0.4 is 15.2 Å². The quantitative estimate of drug-likeness (QED) is 0.487. The normalized spacial score (nSPS) is 15.2. The van der Waals surface area contributed by atoms with Gasteiger partial charge in [-0.3, -0.25) is 9.47 Å². The molecule has 0 bridgehead atoms. The van der Waals surface area contributed by atoms with Gasteiger partial charge in [0.2, 0.25) is 0 Å². The Morgan fingerprint density at radius 1 is 1.12 bits per heavy atom. The van der Waals surface area contributed by atoms with E-state index >= 15 is 0 Å². The van der Waals surface area contributed by atoms with Crippen LogP contribution in [0.25, 0.3) is 11.0 Å². The highest BCUT2D eigenvalue weighted by Gasteiger charge is 2.24. The summed E-state index contributed by atoms with van der Waals surface area (Å²) in [5, 5.41) is 9.21. The molecule has 0 aliphatic carbocycles. The second-order valence-electron chi connectivity index (χ2n) is 9.26. The average Bonchev–Trinajstić information content (AvgIpc) is 3.14. The van der Waals surface area contributed by atoms with Crippen molar-refractivity contribution in [3.05, 3.63) is 58.0 Å². The van der Waals surface area contributed by atoms with Crippen molar-refractivity contribution in [2.24, 2.45) is 5.92 Å². The lowest BCUT2D eigenvalue weighted by Crippen LogP contribution is -2.36. The van der Waals surface area contributed by atoms with Gasteiger partial charge in [0.15, 0.2) is 11.5 Å². The Morgan fingerprint density at radius 3 is 2.56 bits per heavy atom. The Hall–Kier alpha value is -3.26. The Balaban J connectivity index is 1.42. The largest absolute Gasteiger partial charge is 0.490 e. The fourth-order valence-corrected chi connectivity index (χ4v) is 4.52. The number of carbonyl (C=O) groups is 1. The van der Waals surface area contributed by atoms with E-state index in [2.05, 4.69) is 35.9 Å². The van der Waals surface area contributed by atoms with Crippen molar-refractivity contribution < 1.29 is 19.4 Å². The zero-order chi connectivity index (χ0) is 24.2. The molecule has 0 spiro atoms. The number of aromatic nitrogens is 2. The number of piperidine rings is 1. The van der Waals surface area contributed by atoms with Crippen LogP contribution in [0.5, 0.6) is 11.5 Å². The first kappa shape index (κ1) is 23.9. The van der Waals surface area contributed by atoms with Gasteiger partial charge in [-0.15, -0.1) is 0 Å². The smallest absolute Gasteiger partial charge is 0.335 e. The number of nitrogens with zero attached hydrogens (tertiary/aromatic N) is 2. The Morgan fingerprint density at radius 2 is 1.88 bits per heavy atom. The molecule has 1 aliphatic heterocycles. The van der Waals surface area contributed by atoms with E-state index in [0.717, 1.165) is 49.5 Å². The third kappa shape index (κ3) is 5.28. The van der Waals surface area contributed by atoms with Crippen molar-refractivity contribution >= 4 is 17.0 Å². The van der Waals surface area contributed by atoms with Gasteiger partial charge in [0.05, 0.1) is 29.8 Å². The molecule has 182 valence electrons. The van der Waals surface area contributed by atoms with Gasteiger partial charge < -0.3 is 19.6 Å². The minimum atomic E-state index is -1.00. The Labute approximate surface area is 199 Å². The number of carboxylic acid groups (broad SMARTS) is 1. The van der Waals surface area contributed by atoms with Crippen molar-refractivity contribution in [1.29, 1.82) is 0 Å². The predicted octanol–water partition coefficient (Wildman–Crippen LogP) is 4.30. The molecular formula is C26H33N3O5. The molecule has 0 atom stereocenters. The van der Waals surface area contributed by atoms with Gasteiger partial charge in [-0.05, 0) is 61.6 Å². The lowest BCUT2D eigenvalue weighted by atomic mass is 10.0. The molecule has 2 aromatic carbocycles. The molecule has 0 unspecified atom stereocenters. The van der Waals surface area contributed by atoms with E-state index in [1.807, 2.05) is 13.0 Å². The van der Waals surface area contributed by atoms with E-state index in [9.17, 15) is 14.7 Å². The molecule has 2 N–H and O–H groups in total. The van der Waals surface area contributed by atoms with Crippen molar-refractivity contribution in [2.45, 2.75) is 46.2 Å². The Bertz CT molecular complexity index is 1200. The van der Waals surface area contributed by atoms with Gasteiger partial charge in [-0.2, -0.15) is 0 Å². The van der Waals surface area contributed by atoms with Crippen LogP contribution in [-0.4, -0.2) is 51.8 Å². The van der Waals surface area contributed by atoms with Crippen LogP contribution in [0.15, 0.2) is 41.2 Å². The molecule has 1 saturated heterocycles. The summed E-state index contributed by atoms with van der Waals surface area (Å²) < 4.78 is 13.5. The van der Waals surface area contributed by atoms with Gasteiger partial charge in [0.1, 0.15) is 0 Å². The summed E-state index contributed by atoms with van der Waals surface area (Å²) in [7, 11) is 0. The molecular weight excluding hydrogens is 434 g/mol. The van der Waals surface area contributed by atoms with E-state index in [-0.39, 0.29) is 17.3 Å². The number of hydrogen-bond acceptors (Lipinski definition) is 5. The Kier molecular flexibility index (Phi) is 7.26. The van der Waals surface area contributed by atoms with Crippen LogP contribution in [-0.2, 0) is 6.54 Å². The number of H-pyrrole nitrogens is 1. The van der Waals surface area contributed by atoms with Gasteiger partial charge >= 0.3 is 11.7 Å². The van der Waals surface area contributed by atoms with E-state index in [0.29, 0.717) is 24.6 Å². The lowest BCUT2D eigenvalue weighted by molar-refractivity contribution is 0.0697. The number of nitrogens with one attached hydrogen (secondary N) is 1. The number of benzene rings is 2. The second-order valence-corrected chi connectivity index (χ2v) is 9.26. The number of rotatable bonds is 9. The van der Waals surface area contributed by atoms with Crippen LogP contribution in [0.2, 0.25) is 0 Å². The highest BCUT2D eigenvalue weighted by molar-refractivity contribution is 5.92. The van der Waals surface area contributed by atoms with Crippen molar-refractivity contribution in [3.63, 3.8) is 0 Å². The number of carboxylic acids is 1. The topological polar surface area (TPSA) is 96.8 Å². The van der Waals surface area contributed by atoms with E-state index in [1.54, 1.807) is 16.7 Å². The molecule has 2 heterocycles. The van der Waals surface area contributed by atoms with Gasteiger partial charge in [-0.1, -0.05) is 19.9 Å². The molecule has 8 heteroatoms. The molecule has 1 fully saturated rings. The molecule has 1 aliphatic rings. The second kappa shape index (κ2) is 10.3. The maximum atomic E-state index is 12.6. The van der Waals surface area contributed by atoms with Crippen molar-refractivity contribution in [3.8, 4) is 11.5 Å². The third-order valence-electron chi connectivity index (χ3n) is 6.17. The highest BCUT2D eigenvalue weighted by Crippen LogP contribution is 2.31. The van der Waals surface area contributed by atoms with E-state index in [1.165, 1.54) is 11.6 Å². The lowest BCUT2D eigenvalue weighted by Gasteiger charge is -2.32. The molecule has 1 aromatic heterocycles. The fraction of sp³-hybridized carbons (Fsp3) is 0.462. The van der Waals surface area contributed by atoms with Gasteiger partial charge in [0, 0.05) is 25.7 Å². The summed E-state index contributed by atoms with van der Waals surface area (Å²) >= 11 is 0. The summed E-state index contributed by atoms with van der Waals surface area (Å²) in [5.41, 5.74) is 2.48. The molecule has 4 rings (SSSR count). The number of aromatic amines is 1. The number of ether oxygens (including phenoxy) is 2. The summed E-state index contributed by atoms with van der Waals surface area (Å²) in [6, 6.07) is 11.0. The summed E-state index contributed by atoms with van der Waals surface area (Å²) in [4.78, 5) is 29.1. The molecule has 3 aromatic rings. The van der Waals surface area contributed by atoms with Gasteiger partial charge in [-0.25, -0.2) is 9.59 Å². The molecule has 0 saturated carbocycles. The predicted molar refractivity (Wildman–Crippen MR) is 131 cm³/mol. The zero-order valence-electron chi connectivity index (χ0n) is 20.0. The van der Waals surface area contributed by atoms with Crippen LogP contribution in [0.4, 0.5) is 0 Å². The summed E-state index contributed by atoms with van der Waals surface area (Å²) in [6.45, 7) is 9.99. The van der Waals surface area contributed by atoms with Crippen LogP contribution in [0.3, 0.4) is 0 Å². The minimum Gasteiger partial charge on any atom is -0.490 e. The standard InChI is InChI=1S/C26H33N3O5/c1-4-33-24-13-18(5-8-23(24)34-16-17(2)3)15-28-11-9-20(10-12-28)29-22-7-6-19(25(30)31)14-21(22)27-26(29)32/h5-8,13-14,17,20H,4,9-12,15-16H2,1-3H3,(H,27,32)(H,30,31). The number of imidazole rings is 1. The van der Waals surface area contributed by atoms with Crippen LogP contribution in [0.1, 0.15) is 55.6 Å². The number of fused-ring (bicyclic) bond motifs is 1. The molecule has 8 nitrogen and oxygen atoms in total. The summed E-state index contributed by atoms with van der Waals surface area (Å²) in [6.07, 6.45) is 1.70. The SMILES string of the molecule is CCOc1cc(CN2CCC(n3c(=O)[nH]c4cc(C(=O)O)ccc43)CC2)ccc1OCC(C)C.